The van der Waals surface area contributed by atoms with Crippen molar-refractivity contribution in [2.24, 2.45) is 5.84 Å². The van der Waals surface area contributed by atoms with Gasteiger partial charge >= 0.3 is 0 Å². The summed E-state index contributed by atoms with van der Waals surface area (Å²) in [5.41, 5.74) is 2.54. The molecule has 1 aromatic heterocycles. The molecule has 0 saturated heterocycles. The summed E-state index contributed by atoms with van der Waals surface area (Å²) in [6, 6.07) is 2.34. The van der Waals surface area contributed by atoms with E-state index < -0.39 is 0 Å². The smallest absolute Gasteiger partial charge is 0.191 e. The lowest BCUT2D eigenvalue weighted by Crippen LogP contribution is -2.31. The number of rotatable bonds is 7. The Hall–Kier alpha value is -1.05. The molecule has 0 aromatic carbocycles. The molecule has 1 aromatic rings. The molecule has 0 unspecified atom stereocenters. The van der Waals surface area contributed by atoms with Crippen molar-refractivity contribution in [3.05, 3.63) is 6.07 Å². The van der Waals surface area contributed by atoms with Crippen LogP contribution in [0.5, 0.6) is 0 Å². The van der Waals surface area contributed by atoms with Crippen LogP contribution in [0, 0.1) is 0 Å². The van der Waals surface area contributed by atoms with Crippen molar-refractivity contribution in [1.82, 2.24) is 14.9 Å². The Kier molecular flexibility index (Phi) is 6.17. The van der Waals surface area contributed by atoms with Crippen LogP contribution in [0.2, 0.25) is 0 Å². The van der Waals surface area contributed by atoms with Gasteiger partial charge in [0.1, 0.15) is 11.6 Å². The number of hydrogen-bond acceptors (Lipinski definition) is 7. The van der Waals surface area contributed by atoms with Crippen molar-refractivity contribution in [2.75, 3.05) is 37.1 Å². The van der Waals surface area contributed by atoms with Gasteiger partial charge in [0, 0.05) is 25.2 Å². The van der Waals surface area contributed by atoms with Gasteiger partial charge in [-0.3, -0.25) is 0 Å². The summed E-state index contributed by atoms with van der Waals surface area (Å²) in [5.74, 6) is 6.78. The summed E-state index contributed by atoms with van der Waals surface area (Å²) in [6.07, 6.45) is 1.94. The highest BCUT2D eigenvalue weighted by atomic mass is 32.2. The molecule has 6 nitrogen and oxygen atoms in total. The van der Waals surface area contributed by atoms with E-state index in [1.165, 1.54) is 11.8 Å². The lowest BCUT2D eigenvalue weighted by molar-refractivity contribution is 0.284. The van der Waals surface area contributed by atoms with Gasteiger partial charge in [-0.25, -0.2) is 15.8 Å². The zero-order valence-electron chi connectivity index (χ0n) is 11.4. The number of nitrogens with zero attached hydrogens (tertiary/aromatic N) is 3. The van der Waals surface area contributed by atoms with Crippen LogP contribution < -0.4 is 16.6 Å². The zero-order chi connectivity index (χ0) is 13.5. The number of hydrogen-bond donors (Lipinski definition) is 3. The fourth-order valence-electron chi connectivity index (χ4n) is 1.30. The molecule has 4 N–H and O–H groups in total. The Bertz CT molecular complexity index is 348. The molecule has 0 spiro atoms. The number of nitrogens with two attached hydrogens (primary N) is 1. The molecule has 7 heteroatoms. The van der Waals surface area contributed by atoms with Crippen LogP contribution in [-0.2, 0) is 0 Å². The van der Waals surface area contributed by atoms with Crippen molar-refractivity contribution >= 4 is 23.4 Å². The Morgan fingerprint density at radius 1 is 1.39 bits per heavy atom. The molecule has 18 heavy (non-hydrogen) atoms. The van der Waals surface area contributed by atoms with Gasteiger partial charge in [0.05, 0.1) is 0 Å². The van der Waals surface area contributed by atoms with Crippen molar-refractivity contribution in [2.45, 2.75) is 25.0 Å². The van der Waals surface area contributed by atoms with Crippen molar-refractivity contribution < 1.29 is 0 Å². The molecule has 0 aliphatic heterocycles. The number of thioether (sulfide) groups is 1. The number of aromatic nitrogens is 2. The van der Waals surface area contributed by atoms with Gasteiger partial charge in [-0.15, -0.1) is 0 Å². The summed E-state index contributed by atoms with van der Waals surface area (Å²) >= 11 is 1.49. The average molecular weight is 270 g/mol. The topological polar surface area (TPSA) is 79.1 Å². The predicted octanol–water partition coefficient (Wildman–Crippen LogP) is 1.24. The SMILES string of the molecule is CSc1nc(NN)cc(NCCN(C)C(C)C)n1. The maximum absolute atomic E-state index is 5.37. The van der Waals surface area contributed by atoms with Crippen LogP contribution in [-0.4, -0.2) is 47.3 Å². The molecular weight excluding hydrogens is 248 g/mol. The number of hydrazine groups is 1. The van der Waals surface area contributed by atoms with E-state index in [1.807, 2.05) is 6.26 Å². The van der Waals surface area contributed by atoms with Gasteiger partial charge in [-0.05, 0) is 27.2 Å². The standard InChI is InChI=1S/C11H22N6S/c1-8(2)17(3)6-5-13-9-7-10(16-12)15-11(14-9)18-4/h7-8H,5-6,12H2,1-4H3,(H2,13,14,15,16). The second kappa shape index (κ2) is 7.40. The van der Waals surface area contributed by atoms with Crippen LogP contribution >= 0.6 is 11.8 Å². The molecule has 0 amide bonds. The lowest BCUT2D eigenvalue weighted by atomic mass is 10.3. The highest BCUT2D eigenvalue weighted by molar-refractivity contribution is 7.98. The van der Waals surface area contributed by atoms with E-state index in [0.717, 1.165) is 18.9 Å². The minimum atomic E-state index is 0.542. The lowest BCUT2D eigenvalue weighted by Gasteiger charge is -2.21. The minimum absolute atomic E-state index is 0.542. The summed E-state index contributed by atoms with van der Waals surface area (Å²) < 4.78 is 0. The number of nitrogens with one attached hydrogen (secondary N) is 2. The first-order valence-corrected chi connectivity index (χ1v) is 7.13. The second-order valence-electron chi connectivity index (χ2n) is 4.27. The molecule has 102 valence electrons. The van der Waals surface area contributed by atoms with Crippen LogP contribution in [0.4, 0.5) is 11.6 Å². The number of nitrogen functional groups attached to an aromatic ring is 1. The average Bonchev–Trinajstić information content (AvgIpc) is 2.37. The molecule has 1 heterocycles. The third-order valence-corrected chi connectivity index (χ3v) is 3.24. The van der Waals surface area contributed by atoms with Gasteiger partial charge < -0.3 is 15.6 Å². The molecule has 0 aliphatic carbocycles. The first-order chi connectivity index (χ1) is 8.56. The molecule has 0 bridgehead atoms. The third-order valence-electron chi connectivity index (χ3n) is 2.69. The van der Waals surface area contributed by atoms with Gasteiger partial charge in [-0.1, -0.05) is 11.8 Å². The molecule has 0 fully saturated rings. The van der Waals surface area contributed by atoms with E-state index in [-0.39, 0.29) is 0 Å². The van der Waals surface area contributed by atoms with E-state index >= 15 is 0 Å². The normalized spacial score (nSPS) is 11.1. The Balaban J connectivity index is 2.56. The Morgan fingerprint density at radius 2 is 2.06 bits per heavy atom. The van der Waals surface area contributed by atoms with Gasteiger partial charge in [-0.2, -0.15) is 0 Å². The summed E-state index contributed by atoms with van der Waals surface area (Å²) in [4.78, 5) is 10.8. The van der Waals surface area contributed by atoms with Gasteiger partial charge in [0.2, 0.25) is 0 Å². The molecule has 1 rings (SSSR count). The van der Waals surface area contributed by atoms with E-state index in [1.54, 1.807) is 6.07 Å². The minimum Gasteiger partial charge on any atom is -0.369 e. The van der Waals surface area contributed by atoms with Crippen LogP contribution in [0.15, 0.2) is 11.2 Å². The maximum atomic E-state index is 5.37. The van der Waals surface area contributed by atoms with E-state index in [9.17, 15) is 0 Å². The van der Waals surface area contributed by atoms with Crippen molar-refractivity contribution in [3.63, 3.8) is 0 Å². The fraction of sp³-hybridized carbons (Fsp3) is 0.636. The number of anilines is 2. The van der Waals surface area contributed by atoms with E-state index in [4.69, 9.17) is 5.84 Å². The fourth-order valence-corrected chi connectivity index (χ4v) is 1.68. The van der Waals surface area contributed by atoms with Gasteiger partial charge in [0.15, 0.2) is 5.16 Å². The monoisotopic (exact) mass is 270 g/mol. The quantitative estimate of drug-likeness (QED) is 0.298. The van der Waals surface area contributed by atoms with Crippen molar-refractivity contribution in [3.8, 4) is 0 Å². The first-order valence-electron chi connectivity index (χ1n) is 5.90. The van der Waals surface area contributed by atoms with E-state index in [0.29, 0.717) is 17.0 Å². The summed E-state index contributed by atoms with van der Waals surface area (Å²) in [5, 5.41) is 3.98. The predicted molar refractivity (Wildman–Crippen MR) is 77.9 cm³/mol. The summed E-state index contributed by atoms with van der Waals surface area (Å²) in [6.45, 7) is 6.14. The summed E-state index contributed by atoms with van der Waals surface area (Å²) in [7, 11) is 2.10. The second-order valence-corrected chi connectivity index (χ2v) is 5.04. The van der Waals surface area contributed by atoms with Crippen LogP contribution in [0.1, 0.15) is 13.8 Å². The largest absolute Gasteiger partial charge is 0.369 e. The van der Waals surface area contributed by atoms with E-state index in [2.05, 4.69) is 46.5 Å². The Morgan fingerprint density at radius 3 is 2.61 bits per heavy atom. The van der Waals surface area contributed by atoms with Crippen LogP contribution in [0.3, 0.4) is 0 Å². The Labute approximate surface area is 113 Å². The highest BCUT2D eigenvalue weighted by Crippen LogP contribution is 2.16. The van der Waals surface area contributed by atoms with Crippen molar-refractivity contribution in [1.29, 1.82) is 0 Å². The molecule has 0 aliphatic rings. The number of likely N-dealkylation sites (N-methyl/N-ethyl adjacent to an activating group) is 1. The molecule has 0 radical (unpaired) electrons. The molecule has 0 atom stereocenters. The zero-order valence-corrected chi connectivity index (χ0v) is 12.2. The van der Waals surface area contributed by atoms with Crippen LogP contribution in [0.25, 0.3) is 0 Å². The highest BCUT2D eigenvalue weighted by Gasteiger charge is 2.05. The maximum Gasteiger partial charge on any atom is 0.191 e. The molecule has 0 saturated carbocycles. The third kappa shape index (κ3) is 4.67. The first kappa shape index (κ1) is 15.0. The van der Waals surface area contributed by atoms with Gasteiger partial charge in [0.25, 0.3) is 0 Å². The molecular formula is C11H22N6S.